The first kappa shape index (κ1) is 13.9. The molecule has 0 saturated heterocycles. The summed E-state index contributed by atoms with van der Waals surface area (Å²) < 4.78 is 6.94. The van der Waals surface area contributed by atoms with Gasteiger partial charge in [-0.15, -0.1) is 0 Å². The quantitative estimate of drug-likeness (QED) is 0.801. The van der Waals surface area contributed by atoms with Crippen LogP contribution in [0.1, 0.15) is 36.6 Å². The van der Waals surface area contributed by atoms with Crippen LogP contribution in [0.4, 0.5) is 0 Å². The van der Waals surface area contributed by atoms with Crippen LogP contribution in [0.5, 0.6) is 5.75 Å². The minimum atomic E-state index is -0.0928. The van der Waals surface area contributed by atoms with Crippen LogP contribution in [-0.4, -0.2) is 6.61 Å². The number of benzene rings is 2. The van der Waals surface area contributed by atoms with Crippen molar-refractivity contribution in [3.63, 3.8) is 0 Å². The zero-order chi connectivity index (χ0) is 14.3. The highest BCUT2D eigenvalue weighted by molar-refractivity contribution is 14.1. The van der Waals surface area contributed by atoms with Crippen molar-refractivity contribution in [2.24, 2.45) is 5.73 Å². The lowest BCUT2D eigenvalue weighted by atomic mass is 9.85. The SMILES string of the molecule is CC1(C)COc2ccc(C(N)c3ccccc3I)cc21. The number of ether oxygens (including phenoxy) is 1. The summed E-state index contributed by atoms with van der Waals surface area (Å²) in [7, 11) is 0. The standard InChI is InChI=1S/C17H18INO/c1-17(2)10-20-15-8-7-11(9-13(15)17)16(19)12-5-3-4-6-14(12)18/h3-9,16H,10,19H2,1-2H3. The van der Waals surface area contributed by atoms with E-state index >= 15 is 0 Å². The third kappa shape index (κ3) is 2.33. The Kier molecular flexibility index (Phi) is 3.50. The van der Waals surface area contributed by atoms with E-state index in [-0.39, 0.29) is 11.5 Å². The number of halogens is 1. The van der Waals surface area contributed by atoms with E-state index in [0.29, 0.717) is 0 Å². The summed E-state index contributed by atoms with van der Waals surface area (Å²) in [6, 6.07) is 14.5. The average Bonchev–Trinajstić information content (AvgIpc) is 2.74. The molecule has 3 rings (SSSR count). The summed E-state index contributed by atoms with van der Waals surface area (Å²) in [6.07, 6.45) is 0. The lowest BCUT2D eigenvalue weighted by Gasteiger charge is -2.19. The van der Waals surface area contributed by atoms with Crippen LogP contribution in [0.3, 0.4) is 0 Å². The van der Waals surface area contributed by atoms with E-state index in [4.69, 9.17) is 10.5 Å². The molecule has 0 aromatic heterocycles. The monoisotopic (exact) mass is 379 g/mol. The summed E-state index contributed by atoms with van der Waals surface area (Å²) in [5, 5.41) is 0. The Balaban J connectivity index is 2.02. The van der Waals surface area contributed by atoms with Crippen molar-refractivity contribution < 1.29 is 4.74 Å². The molecule has 0 spiro atoms. The fourth-order valence-corrected chi connectivity index (χ4v) is 3.36. The average molecular weight is 379 g/mol. The smallest absolute Gasteiger partial charge is 0.123 e. The molecular weight excluding hydrogens is 361 g/mol. The molecule has 0 bridgehead atoms. The van der Waals surface area contributed by atoms with Crippen LogP contribution in [0.15, 0.2) is 42.5 Å². The van der Waals surface area contributed by atoms with Gasteiger partial charge in [0.25, 0.3) is 0 Å². The number of hydrogen-bond donors (Lipinski definition) is 1. The Morgan fingerprint density at radius 1 is 1.20 bits per heavy atom. The van der Waals surface area contributed by atoms with Crippen LogP contribution >= 0.6 is 22.6 Å². The Labute approximate surface area is 133 Å². The maximum atomic E-state index is 6.45. The number of nitrogens with two attached hydrogens (primary N) is 1. The van der Waals surface area contributed by atoms with Gasteiger partial charge in [0.15, 0.2) is 0 Å². The Morgan fingerprint density at radius 2 is 1.95 bits per heavy atom. The molecule has 1 aliphatic rings. The number of hydrogen-bond acceptors (Lipinski definition) is 2. The van der Waals surface area contributed by atoms with Gasteiger partial charge in [-0.1, -0.05) is 38.1 Å². The predicted octanol–water partition coefficient (Wildman–Crippen LogP) is 4.01. The predicted molar refractivity (Wildman–Crippen MR) is 90.2 cm³/mol. The minimum Gasteiger partial charge on any atom is -0.492 e. The maximum absolute atomic E-state index is 6.45. The molecule has 1 heterocycles. The van der Waals surface area contributed by atoms with Crippen LogP contribution in [0.2, 0.25) is 0 Å². The van der Waals surface area contributed by atoms with Crippen molar-refractivity contribution in [1.82, 2.24) is 0 Å². The van der Waals surface area contributed by atoms with E-state index in [2.05, 4.69) is 66.8 Å². The van der Waals surface area contributed by atoms with Crippen molar-refractivity contribution in [2.45, 2.75) is 25.3 Å². The Morgan fingerprint density at radius 3 is 2.70 bits per heavy atom. The molecular formula is C17H18INO. The normalized spacial score (nSPS) is 17.4. The third-order valence-electron chi connectivity index (χ3n) is 3.92. The van der Waals surface area contributed by atoms with E-state index in [0.717, 1.165) is 17.9 Å². The Bertz CT molecular complexity index is 651. The van der Waals surface area contributed by atoms with E-state index in [1.54, 1.807) is 0 Å². The molecule has 0 radical (unpaired) electrons. The van der Waals surface area contributed by atoms with E-state index in [1.165, 1.54) is 14.7 Å². The van der Waals surface area contributed by atoms with Crippen molar-refractivity contribution in [3.05, 3.63) is 62.7 Å². The minimum absolute atomic E-state index is 0.0644. The molecule has 2 aromatic rings. The fraction of sp³-hybridized carbons (Fsp3) is 0.294. The molecule has 0 fully saturated rings. The van der Waals surface area contributed by atoms with E-state index < -0.39 is 0 Å². The molecule has 1 aliphatic heterocycles. The first-order chi connectivity index (χ1) is 9.49. The first-order valence-electron chi connectivity index (χ1n) is 6.76. The number of fused-ring (bicyclic) bond motifs is 1. The van der Waals surface area contributed by atoms with Gasteiger partial charge in [-0.2, -0.15) is 0 Å². The Hall–Kier alpha value is -1.07. The van der Waals surface area contributed by atoms with Gasteiger partial charge in [0.2, 0.25) is 0 Å². The molecule has 0 amide bonds. The zero-order valence-corrected chi connectivity index (χ0v) is 13.8. The molecule has 2 nitrogen and oxygen atoms in total. The lowest BCUT2D eigenvalue weighted by molar-refractivity contribution is 0.291. The number of rotatable bonds is 2. The van der Waals surface area contributed by atoms with Gasteiger partial charge in [-0.25, -0.2) is 0 Å². The summed E-state index contributed by atoms with van der Waals surface area (Å²) in [4.78, 5) is 0. The van der Waals surface area contributed by atoms with Crippen molar-refractivity contribution in [2.75, 3.05) is 6.61 Å². The van der Waals surface area contributed by atoms with Gasteiger partial charge >= 0.3 is 0 Å². The van der Waals surface area contributed by atoms with Gasteiger partial charge in [-0.3, -0.25) is 0 Å². The van der Waals surface area contributed by atoms with Gasteiger partial charge in [0.1, 0.15) is 5.75 Å². The van der Waals surface area contributed by atoms with Crippen LogP contribution in [-0.2, 0) is 5.41 Å². The van der Waals surface area contributed by atoms with Crippen LogP contribution in [0.25, 0.3) is 0 Å². The molecule has 2 aromatic carbocycles. The molecule has 1 unspecified atom stereocenters. The molecule has 0 saturated carbocycles. The van der Waals surface area contributed by atoms with Gasteiger partial charge in [0, 0.05) is 14.5 Å². The lowest BCUT2D eigenvalue weighted by Crippen LogP contribution is -2.19. The largest absolute Gasteiger partial charge is 0.492 e. The topological polar surface area (TPSA) is 35.2 Å². The van der Waals surface area contributed by atoms with Crippen LogP contribution < -0.4 is 10.5 Å². The second-order valence-electron chi connectivity index (χ2n) is 5.93. The fourth-order valence-electron chi connectivity index (χ4n) is 2.64. The van der Waals surface area contributed by atoms with Gasteiger partial charge in [0.05, 0.1) is 12.6 Å². The second-order valence-corrected chi connectivity index (χ2v) is 7.09. The van der Waals surface area contributed by atoms with E-state index in [1.807, 2.05) is 12.1 Å². The van der Waals surface area contributed by atoms with Gasteiger partial charge in [-0.05, 0) is 51.9 Å². The summed E-state index contributed by atoms with van der Waals surface area (Å²) in [5.74, 6) is 0.994. The summed E-state index contributed by atoms with van der Waals surface area (Å²) in [6.45, 7) is 5.16. The summed E-state index contributed by atoms with van der Waals surface area (Å²) in [5.41, 5.74) is 10.1. The third-order valence-corrected chi connectivity index (χ3v) is 4.90. The summed E-state index contributed by atoms with van der Waals surface area (Å²) >= 11 is 2.34. The highest BCUT2D eigenvalue weighted by Gasteiger charge is 2.32. The van der Waals surface area contributed by atoms with Crippen LogP contribution in [0, 0.1) is 3.57 Å². The van der Waals surface area contributed by atoms with Crippen molar-refractivity contribution in [1.29, 1.82) is 0 Å². The highest BCUT2D eigenvalue weighted by Crippen LogP contribution is 2.40. The molecule has 0 aliphatic carbocycles. The zero-order valence-electron chi connectivity index (χ0n) is 11.7. The molecule has 104 valence electrons. The molecule has 1 atom stereocenters. The molecule has 2 N–H and O–H groups in total. The maximum Gasteiger partial charge on any atom is 0.123 e. The first-order valence-corrected chi connectivity index (χ1v) is 7.84. The van der Waals surface area contributed by atoms with Gasteiger partial charge < -0.3 is 10.5 Å². The van der Waals surface area contributed by atoms with Crippen molar-refractivity contribution >= 4 is 22.6 Å². The molecule has 3 heteroatoms. The van der Waals surface area contributed by atoms with Crippen molar-refractivity contribution in [3.8, 4) is 5.75 Å². The molecule has 20 heavy (non-hydrogen) atoms. The second kappa shape index (κ2) is 5.04. The highest BCUT2D eigenvalue weighted by atomic mass is 127. The van der Waals surface area contributed by atoms with E-state index in [9.17, 15) is 0 Å².